The quantitative estimate of drug-likeness (QED) is 0.719. The molecule has 0 unspecified atom stereocenters. The molecular weight excluding hydrogens is 208 g/mol. The highest BCUT2D eigenvalue weighted by Crippen LogP contribution is 2.35. The molecule has 0 bridgehead atoms. The van der Waals surface area contributed by atoms with Crippen LogP contribution in [-0.2, 0) is 0 Å². The SMILES string of the molecule is O=C(c1ccccc1-c1ccccc1)C1CC1. The molecule has 3 rings (SSSR count). The third-order valence-corrected chi connectivity index (χ3v) is 3.23. The lowest BCUT2D eigenvalue weighted by molar-refractivity contribution is 0.0968. The average Bonchev–Trinajstić information content (AvgIpc) is 3.23. The molecule has 0 saturated heterocycles. The number of benzene rings is 2. The van der Waals surface area contributed by atoms with E-state index in [2.05, 4.69) is 12.1 Å². The molecule has 0 radical (unpaired) electrons. The fraction of sp³-hybridized carbons (Fsp3) is 0.188. The summed E-state index contributed by atoms with van der Waals surface area (Å²) in [5, 5.41) is 0. The van der Waals surface area contributed by atoms with Crippen molar-refractivity contribution in [2.45, 2.75) is 12.8 Å². The molecule has 1 aliphatic rings. The van der Waals surface area contributed by atoms with Crippen molar-refractivity contribution in [2.24, 2.45) is 5.92 Å². The molecule has 1 nitrogen and oxygen atoms in total. The number of ketones is 1. The normalized spacial score (nSPS) is 14.6. The minimum absolute atomic E-state index is 0.278. The molecule has 1 saturated carbocycles. The van der Waals surface area contributed by atoms with Crippen LogP contribution in [0.4, 0.5) is 0 Å². The van der Waals surface area contributed by atoms with E-state index < -0.39 is 0 Å². The zero-order valence-corrected chi connectivity index (χ0v) is 9.60. The van der Waals surface area contributed by atoms with E-state index >= 15 is 0 Å². The average molecular weight is 222 g/mol. The van der Waals surface area contributed by atoms with E-state index in [0.717, 1.165) is 29.5 Å². The van der Waals surface area contributed by atoms with Gasteiger partial charge in [0.1, 0.15) is 0 Å². The first kappa shape index (κ1) is 10.3. The molecule has 1 aliphatic carbocycles. The molecule has 2 aromatic rings. The Morgan fingerprint density at radius 3 is 2.24 bits per heavy atom. The standard InChI is InChI=1S/C16H14O/c17-16(13-10-11-13)15-9-5-4-8-14(15)12-6-2-1-3-7-12/h1-9,13H,10-11H2. The van der Waals surface area contributed by atoms with Crippen LogP contribution in [0, 0.1) is 5.92 Å². The summed E-state index contributed by atoms with van der Waals surface area (Å²) in [5.74, 6) is 0.587. The van der Waals surface area contributed by atoms with Gasteiger partial charge >= 0.3 is 0 Å². The van der Waals surface area contributed by atoms with Crippen LogP contribution in [0.2, 0.25) is 0 Å². The first-order valence-corrected chi connectivity index (χ1v) is 6.05. The highest BCUT2D eigenvalue weighted by Gasteiger charge is 2.31. The van der Waals surface area contributed by atoms with Crippen LogP contribution >= 0.6 is 0 Å². The third-order valence-electron chi connectivity index (χ3n) is 3.23. The Morgan fingerprint density at radius 1 is 0.882 bits per heavy atom. The molecule has 2 aromatic carbocycles. The Kier molecular flexibility index (Phi) is 2.52. The van der Waals surface area contributed by atoms with Crippen LogP contribution < -0.4 is 0 Å². The second-order valence-electron chi connectivity index (χ2n) is 4.55. The van der Waals surface area contributed by atoms with Crippen molar-refractivity contribution < 1.29 is 4.79 Å². The minimum atomic E-state index is 0.278. The van der Waals surface area contributed by atoms with Gasteiger partial charge in [-0.2, -0.15) is 0 Å². The maximum Gasteiger partial charge on any atom is 0.166 e. The Bertz CT molecular complexity index is 538. The maximum atomic E-state index is 12.2. The number of rotatable bonds is 3. The van der Waals surface area contributed by atoms with E-state index in [4.69, 9.17) is 0 Å². The number of hydrogen-bond acceptors (Lipinski definition) is 1. The van der Waals surface area contributed by atoms with Gasteiger partial charge in [0.25, 0.3) is 0 Å². The van der Waals surface area contributed by atoms with Crippen LogP contribution in [-0.4, -0.2) is 5.78 Å². The smallest absolute Gasteiger partial charge is 0.166 e. The number of carbonyl (C=O) groups is 1. The second kappa shape index (κ2) is 4.17. The molecule has 0 spiro atoms. The summed E-state index contributed by atoms with van der Waals surface area (Å²) in [6, 6.07) is 18.0. The van der Waals surface area contributed by atoms with Crippen LogP contribution in [0.3, 0.4) is 0 Å². The number of carbonyl (C=O) groups excluding carboxylic acids is 1. The lowest BCUT2D eigenvalue weighted by Crippen LogP contribution is -2.03. The number of hydrogen-bond donors (Lipinski definition) is 0. The zero-order chi connectivity index (χ0) is 11.7. The van der Waals surface area contributed by atoms with Gasteiger partial charge in [-0.15, -0.1) is 0 Å². The molecule has 84 valence electrons. The van der Waals surface area contributed by atoms with Crippen molar-refractivity contribution in [3.63, 3.8) is 0 Å². The van der Waals surface area contributed by atoms with Gasteiger partial charge in [-0.1, -0.05) is 54.6 Å². The maximum absolute atomic E-state index is 12.2. The van der Waals surface area contributed by atoms with Crippen molar-refractivity contribution in [3.8, 4) is 11.1 Å². The van der Waals surface area contributed by atoms with Gasteiger partial charge in [0.2, 0.25) is 0 Å². The van der Waals surface area contributed by atoms with Crippen LogP contribution in [0.1, 0.15) is 23.2 Å². The van der Waals surface area contributed by atoms with E-state index in [1.54, 1.807) is 0 Å². The molecule has 1 heteroatoms. The Balaban J connectivity index is 2.07. The highest BCUT2D eigenvalue weighted by molar-refractivity contribution is 6.04. The fourth-order valence-electron chi connectivity index (χ4n) is 2.13. The van der Waals surface area contributed by atoms with Gasteiger partial charge in [-0.3, -0.25) is 4.79 Å². The largest absolute Gasteiger partial charge is 0.294 e. The lowest BCUT2D eigenvalue weighted by Gasteiger charge is -2.08. The van der Waals surface area contributed by atoms with Crippen molar-refractivity contribution in [3.05, 3.63) is 60.2 Å². The first-order chi connectivity index (χ1) is 8.36. The summed E-state index contributed by atoms with van der Waals surface area (Å²) < 4.78 is 0. The monoisotopic (exact) mass is 222 g/mol. The predicted octanol–water partition coefficient (Wildman–Crippen LogP) is 3.95. The summed E-state index contributed by atoms with van der Waals surface area (Å²) in [7, 11) is 0. The topological polar surface area (TPSA) is 17.1 Å². The third kappa shape index (κ3) is 2.01. The summed E-state index contributed by atoms with van der Waals surface area (Å²) in [6.07, 6.45) is 2.11. The van der Waals surface area contributed by atoms with Crippen LogP contribution in [0.15, 0.2) is 54.6 Å². The summed E-state index contributed by atoms with van der Waals surface area (Å²) in [6.45, 7) is 0. The minimum Gasteiger partial charge on any atom is -0.294 e. The zero-order valence-electron chi connectivity index (χ0n) is 9.60. The van der Waals surface area contributed by atoms with Gasteiger partial charge in [0.05, 0.1) is 0 Å². The second-order valence-corrected chi connectivity index (χ2v) is 4.55. The van der Waals surface area contributed by atoms with Gasteiger partial charge in [-0.05, 0) is 24.0 Å². The molecule has 17 heavy (non-hydrogen) atoms. The van der Waals surface area contributed by atoms with E-state index in [1.165, 1.54) is 0 Å². The van der Waals surface area contributed by atoms with Crippen molar-refractivity contribution >= 4 is 5.78 Å². The molecule has 0 atom stereocenters. The molecule has 0 aliphatic heterocycles. The summed E-state index contributed by atoms with van der Waals surface area (Å²) in [5.41, 5.74) is 3.06. The fourth-order valence-corrected chi connectivity index (χ4v) is 2.13. The van der Waals surface area contributed by atoms with Crippen molar-refractivity contribution in [2.75, 3.05) is 0 Å². The van der Waals surface area contributed by atoms with E-state index in [9.17, 15) is 4.79 Å². The van der Waals surface area contributed by atoms with E-state index in [-0.39, 0.29) is 5.92 Å². The predicted molar refractivity (Wildman–Crippen MR) is 68.9 cm³/mol. The Labute approximate surface area is 101 Å². The van der Waals surface area contributed by atoms with Crippen molar-refractivity contribution in [1.82, 2.24) is 0 Å². The van der Waals surface area contributed by atoms with Crippen LogP contribution in [0.25, 0.3) is 11.1 Å². The molecule has 0 amide bonds. The summed E-state index contributed by atoms with van der Waals surface area (Å²) >= 11 is 0. The van der Waals surface area contributed by atoms with Crippen LogP contribution in [0.5, 0.6) is 0 Å². The van der Waals surface area contributed by atoms with Gasteiger partial charge in [-0.25, -0.2) is 0 Å². The molecule has 1 fully saturated rings. The van der Waals surface area contributed by atoms with Gasteiger partial charge in [0, 0.05) is 11.5 Å². The lowest BCUT2D eigenvalue weighted by atomic mass is 9.95. The van der Waals surface area contributed by atoms with Crippen molar-refractivity contribution in [1.29, 1.82) is 0 Å². The first-order valence-electron chi connectivity index (χ1n) is 6.05. The van der Waals surface area contributed by atoms with Gasteiger partial charge in [0.15, 0.2) is 5.78 Å². The molecule has 0 N–H and O–H groups in total. The molecular formula is C16H14O. The number of Topliss-reactive ketones (excluding diaryl/α,β-unsaturated/α-hetero) is 1. The van der Waals surface area contributed by atoms with Gasteiger partial charge < -0.3 is 0 Å². The molecule has 0 heterocycles. The van der Waals surface area contributed by atoms with E-state index in [0.29, 0.717) is 5.78 Å². The van der Waals surface area contributed by atoms with E-state index in [1.807, 2.05) is 42.5 Å². The Morgan fingerprint density at radius 2 is 1.53 bits per heavy atom. The Hall–Kier alpha value is -1.89. The molecule has 0 aromatic heterocycles. The summed E-state index contributed by atoms with van der Waals surface area (Å²) in [4.78, 5) is 12.2. The highest BCUT2D eigenvalue weighted by atomic mass is 16.1.